The van der Waals surface area contributed by atoms with Crippen LogP contribution in [0.2, 0.25) is 0 Å². The highest BCUT2D eigenvalue weighted by atomic mass is 19.3. The third kappa shape index (κ3) is 5.19. The number of nitrogens with zero attached hydrogens (tertiary/aromatic N) is 3. The fourth-order valence-electron chi connectivity index (χ4n) is 5.09. The highest BCUT2D eigenvalue weighted by molar-refractivity contribution is 6.01. The Bertz CT molecular complexity index is 1690. The molecule has 0 aliphatic rings. The molecule has 0 amide bonds. The van der Waals surface area contributed by atoms with Gasteiger partial charge in [0.15, 0.2) is 0 Å². The van der Waals surface area contributed by atoms with E-state index in [1.807, 2.05) is 60.9 Å². The average molecular weight is 546 g/mol. The molecule has 0 unspecified atom stereocenters. The van der Waals surface area contributed by atoms with Gasteiger partial charge in [0, 0.05) is 34.1 Å². The van der Waals surface area contributed by atoms with Crippen molar-refractivity contribution in [3.8, 4) is 5.69 Å². The number of methoxy groups -OCH3 is 1. The van der Waals surface area contributed by atoms with Crippen molar-refractivity contribution in [2.24, 2.45) is 0 Å². The highest BCUT2D eigenvalue weighted by Gasteiger charge is 2.24. The molecule has 0 spiro atoms. The number of rotatable bonds is 8. The zero-order chi connectivity index (χ0) is 28.4. The molecule has 0 bridgehead atoms. The average Bonchev–Trinajstić information content (AvgIpc) is 3.52. The Morgan fingerprint density at radius 3 is 2.45 bits per heavy atom. The number of carbonyl (C=O) groups is 2. The topological polar surface area (TPSA) is 75.4 Å². The van der Waals surface area contributed by atoms with Crippen LogP contribution < -0.4 is 0 Å². The van der Waals surface area contributed by atoms with E-state index in [2.05, 4.69) is 5.10 Å². The molecular formula is C31H29F2N3O4. The fraction of sp³-hybridized carbons (Fsp3) is 0.258. The van der Waals surface area contributed by atoms with Gasteiger partial charge in [-0.05, 0) is 47.7 Å². The van der Waals surface area contributed by atoms with Crippen molar-refractivity contribution >= 4 is 33.9 Å². The maximum atomic E-state index is 13.6. The number of alkyl halides is 2. The summed E-state index contributed by atoms with van der Waals surface area (Å²) in [5, 5.41) is 5.76. The number of benzene rings is 3. The van der Waals surface area contributed by atoms with E-state index in [4.69, 9.17) is 9.47 Å². The van der Waals surface area contributed by atoms with Crippen molar-refractivity contribution in [1.82, 2.24) is 14.3 Å². The minimum Gasteiger partial charge on any atom is -0.469 e. The van der Waals surface area contributed by atoms with Crippen LogP contribution in [0, 0.1) is 0 Å². The van der Waals surface area contributed by atoms with Gasteiger partial charge >= 0.3 is 12.1 Å². The first-order chi connectivity index (χ1) is 19.3. The van der Waals surface area contributed by atoms with Gasteiger partial charge in [0.2, 0.25) is 0 Å². The summed E-state index contributed by atoms with van der Waals surface area (Å²) >= 11 is 0. The maximum absolute atomic E-state index is 13.6. The molecule has 0 aliphatic heterocycles. The van der Waals surface area contributed by atoms with E-state index in [1.54, 1.807) is 18.3 Å². The number of fused-ring (bicyclic) bond motifs is 2. The second-order valence-corrected chi connectivity index (χ2v) is 9.85. The van der Waals surface area contributed by atoms with E-state index < -0.39 is 12.5 Å². The lowest BCUT2D eigenvalue weighted by molar-refractivity contribution is -0.140. The standard InChI is InChI=1S/C31H29F2N3O4/c1-19(2)29-24(12-13-28(37)39-3)25-16-26-22(15-27(25)35(29)23-11-7-10-21(14-23)30(32)33)17-34-36(26)31(38)40-18-20-8-5-4-6-9-20/h4-11,14-17,19,30H,12-13,18H2,1-3H3. The van der Waals surface area contributed by atoms with Gasteiger partial charge in [-0.25, -0.2) is 13.6 Å². The number of hydrogen-bond acceptors (Lipinski definition) is 5. The summed E-state index contributed by atoms with van der Waals surface area (Å²) in [6.45, 7) is 4.14. The number of halogens is 2. The first-order valence-electron chi connectivity index (χ1n) is 13.0. The molecule has 7 nitrogen and oxygen atoms in total. The lowest BCUT2D eigenvalue weighted by Crippen LogP contribution is -2.14. The molecule has 0 radical (unpaired) electrons. The highest BCUT2D eigenvalue weighted by Crippen LogP contribution is 2.38. The van der Waals surface area contributed by atoms with Gasteiger partial charge in [-0.2, -0.15) is 9.78 Å². The van der Waals surface area contributed by atoms with Crippen molar-refractivity contribution in [2.45, 2.75) is 45.6 Å². The van der Waals surface area contributed by atoms with Crippen LogP contribution in [0.4, 0.5) is 13.6 Å². The van der Waals surface area contributed by atoms with Crippen LogP contribution in [0.1, 0.15) is 55.0 Å². The largest absolute Gasteiger partial charge is 0.469 e. The van der Waals surface area contributed by atoms with Gasteiger partial charge in [0.05, 0.1) is 24.3 Å². The molecule has 40 heavy (non-hydrogen) atoms. The van der Waals surface area contributed by atoms with Crippen molar-refractivity contribution in [2.75, 3.05) is 7.11 Å². The molecule has 5 rings (SSSR count). The quantitative estimate of drug-likeness (QED) is 0.191. The second-order valence-electron chi connectivity index (χ2n) is 9.85. The summed E-state index contributed by atoms with van der Waals surface area (Å²) in [5.74, 6) is -0.364. The van der Waals surface area contributed by atoms with Gasteiger partial charge in [0.25, 0.3) is 6.43 Å². The van der Waals surface area contributed by atoms with Crippen molar-refractivity contribution < 1.29 is 27.8 Å². The van der Waals surface area contributed by atoms with Crippen molar-refractivity contribution in [3.05, 3.63) is 95.3 Å². The Labute approximate surface area is 229 Å². The van der Waals surface area contributed by atoms with Crippen LogP contribution in [-0.4, -0.2) is 33.5 Å². The molecule has 0 saturated carbocycles. The van der Waals surface area contributed by atoms with Gasteiger partial charge in [-0.3, -0.25) is 4.79 Å². The minimum absolute atomic E-state index is 0.00861. The van der Waals surface area contributed by atoms with Crippen LogP contribution in [-0.2, 0) is 27.3 Å². The molecule has 3 aromatic carbocycles. The predicted octanol–water partition coefficient (Wildman–Crippen LogP) is 7.33. The van der Waals surface area contributed by atoms with E-state index in [-0.39, 0.29) is 30.5 Å². The molecule has 5 aromatic rings. The van der Waals surface area contributed by atoms with E-state index >= 15 is 0 Å². The number of ether oxygens (including phenoxy) is 2. The SMILES string of the molecule is COC(=O)CCc1c(C(C)C)n(-c2cccc(C(F)F)c2)c2cc3cnn(C(=O)OCc4ccccc4)c3cc12. The molecule has 9 heteroatoms. The fourth-order valence-corrected chi connectivity index (χ4v) is 5.09. The summed E-state index contributed by atoms with van der Waals surface area (Å²) in [7, 11) is 1.34. The number of aromatic nitrogens is 3. The van der Waals surface area contributed by atoms with Crippen molar-refractivity contribution in [1.29, 1.82) is 0 Å². The summed E-state index contributed by atoms with van der Waals surface area (Å²) in [5.41, 5.74) is 4.43. The molecule has 0 fully saturated rings. The van der Waals surface area contributed by atoms with Crippen LogP contribution >= 0.6 is 0 Å². The second kappa shape index (κ2) is 11.3. The summed E-state index contributed by atoms with van der Waals surface area (Å²) in [6.07, 6.45) is -1.15. The van der Waals surface area contributed by atoms with Crippen LogP contribution in [0.25, 0.3) is 27.5 Å². The normalized spacial score (nSPS) is 11.6. The molecule has 0 atom stereocenters. The molecule has 2 heterocycles. The smallest absolute Gasteiger partial charge is 0.435 e. The monoisotopic (exact) mass is 545 g/mol. The molecule has 0 saturated heterocycles. The van der Waals surface area contributed by atoms with E-state index in [9.17, 15) is 18.4 Å². The third-order valence-electron chi connectivity index (χ3n) is 6.91. The van der Waals surface area contributed by atoms with Gasteiger partial charge in [0.1, 0.15) is 6.61 Å². The summed E-state index contributed by atoms with van der Waals surface area (Å²) in [6, 6.07) is 19.4. The Kier molecular flexibility index (Phi) is 7.64. The van der Waals surface area contributed by atoms with E-state index in [0.29, 0.717) is 23.0 Å². The van der Waals surface area contributed by atoms with Crippen molar-refractivity contribution in [3.63, 3.8) is 0 Å². The zero-order valence-electron chi connectivity index (χ0n) is 22.4. The first-order valence-corrected chi connectivity index (χ1v) is 13.0. The molecular weight excluding hydrogens is 516 g/mol. The van der Waals surface area contributed by atoms with Gasteiger partial charge in [-0.1, -0.05) is 56.3 Å². The molecule has 2 aromatic heterocycles. The number of carbonyl (C=O) groups excluding carboxylic acids is 2. The Morgan fingerprint density at radius 2 is 1.75 bits per heavy atom. The Hall–Kier alpha value is -4.53. The summed E-state index contributed by atoms with van der Waals surface area (Å²) in [4.78, 5) is 25.1. The maximum Gasteiger partial charge on any atom is 0.435 e. The number of esters is 1. The zero-order valence-corrected chi connectivity index (χ0v) is 22.4. The van der Waals surface area contributed by atoms with Crippen LogP contribution in [0.3, 0.4) is 0 Å². The Morgan fingerprint density at radius 1 is 0.975 bits per heavy atom. The third-order valence-corrected chi connectivity index (χ3v) is 6.91. The molecule has 0 N–H and O–H groups in total. The van der Waals surface area contributed by atoms with Crippen LogP contribution in [0.5, 0.6) is 0 Å². The van der Waals surface area contributed by atoms with Gasteiger partial charge < -0.3 is 14.0 Å². The number of aryl methyl sites for hydroxylation is 1. The number of hydrogen-bond donors (Lipinski definition) is 0. The lowest BCUT2D eigenvalue weighted by atomic mass is 9.99. The van der Waals surface area contributed by atoms with Crippen LogP contribution in [0.15, 0.2) is 72.9 Å². The van der Waals surface area contributed by atoms with E-state index in [0.717, 1.165) is 27.7 Å². The van der Waals surface area contributed by atoms with Gasteiger partial charge in [-0.15, -0.1) is 0 Å². The first kappa shape index (κ1) is 27.1. The summed E-state index contributed by atoms with van der Waals surface area (Å²) < 4.78 is 40.8. The van der Waals surface area contributed by atoms with E-state index in [1.165, 1.54) is 23.9 Å². The Balaban J connectivity index is 1.67. The molecule has 0 aliphatic carbocycles. The molecule has 206 valence electrons. The minimum atomic E-state index is -2.62. The lowest BCUT2D eigenvalue weighted by Gasteiger charge is -2.16. The predicted molar refractivity (Wildman–Crippen MR) is 148 cm³/mol.